The van der Waals surface area contributed by atoms with Crippen molar-refractivity contribution in [2.45, 2.75) is 51.3 Å². The summed E-state index contributed by atoms with van der Waals surface area (Å²) in [6.07, 6.45) is 9.32. The van der Waals surface area contributed by atoms with Crippen LogP contribution in [0.1, 0.15) is 46.5 Å². The molecule has 0 radical (unpaired) electrons. The molecule has 1 saturated carbocycles. The van der Waals surface area contributed by atoms with E-state index in [1.54, 1.807) is 0 Å². The molecule has 21 heavy (non-hydrogen) atoms. The van der Waals surface area contributed by atoms with Gasteiger partial charge in [0.05, 0.1) is 14.6 Å². The molecule has 118 valence electrons. The van der Waals surface area contributed by atoms with E-state index < -0.39 is 9.73 Å². The van der Waals surface area contributed by atoms with Crippen molar-refractivity contribution in [3.63, 3.8) is 0 Å². The minimum absolute atomic E-state index is 0.261. The summed E-state index contributed by atoms with van der Waals surface area (Å²) >= 11 is 0. The van der Waals surface area contributed by atoms with Crippen LogP contribution in [0.2, 0.25) is 0 Å². The van der Waals surface area contributed by atoms with Crippen LogP contribution in [-0.2, 0) is 9.73 Å². The van der Waals surface area contributed by atoms with Gasteiger partial charge in [-0.05, 0) is 30.1 Å². The Morgan fingerprint density at radius 2 is 1.90 bits per heavy atom. The summed E-state index contributed by atoms with van der Waals surface area (Å²) in [4.78, 5) is 8.72. The van der Waals surface area contributed by atoms with Crippen LogP contribution in [0.25, 0.3) is 0 Å². The first kappa shape index (κ1) is 16.2. The largest absolute Gasteiger partial charge is 0.354 e. The lowest BCUT2D eigenvalue weighted by Gasteiger charge is -2.43. The summed E-state index contributed by atoms with van der Waals surface area (Å²) in [5.41, 5.74) is 0.663. The lowest BCUT2D eigenvalue weighted by molar-refractivity contribution is 0.110. The number of nitrogens with one attached hydrogen (secondary N) is 2. The maximum Gasteiger partial charge on any atom is 0.222 e. The molecule has 2 atom stereocenters. The molecule has 5 nitrogen and oxygen atoms in total. The van der Waals surface area contributed by atoms with Crippen molar-refractivity contribution in [1.29, 1.82) is 4.78 Å². The van der Waals surface area contributed by atoms with Gasteiger partial charge in [-0.15, -0.1) is 0 Å². The summed E-state index contributed by atoms with van der Waals surface area (Å²) in [6.45, 7) is 7.83. The minimum atomic E-state index is -2.74. The Bertz CT molecular complexity index is 595. The Hall–Kier alpha value is -1.17. The highest BCUT2D eigenvalue weighted by molar-refractivity contribution is 7.91. The molecule has 0 saturated heterocycles. The Morgan fingerprint density at radius 3 is 2.43 bits per heavy atom. The predicted molar refractivity (Wildman–Crippen MR) is 85.9 cm³/mol. The highest BCUT2D eigenvalue weighted by Gasteiger charge is 2.36. The second-order valence-corrected chi connectivity index (χ2v) is 9.60. The normalized spacial score (nSPS) is 27.8. The van der Waals surface area contributed by atoms with Crippen LogP contribution < -0.4 is 5.32 Å². The molecule has 1 aromatic rings. The Labute approximate surface area is 127 Å². The number of anilines is 1. The summed E-state index contributed by atoms with van der Waals surface area (Å²) in [7, 11) is -2.74. The minimum Gasteiger partial charge on any atom is -0.354 e. The van der Waals surface area contributed by atoms with Gasteiger partial charge in [0.25, 0.3) is 0 Å². The molecule has 0 aliphatic heterocycles. The molecule has 0 amide bonds. The van der Waals surface area contributed by atoms with E-state index in [4.69, 9.17) is 4.78 Å². The van der Waals surface area contributed by atoms with E-state index in [0.717, 1.165) is 6.54 Å². The Kier molecular flexibility index (Phi) is 4.29. The first-order chi connectivity index (χ1) is 9.60. The van der Waals surface area contributed by atoms with Crippen molar-refractivity contribution in [3.8, 4) is 0 Å². The fraction of sp³-hybridized carbons (Fsp3) is 0.733. The van der Waals surface area contributed by atoms with Crippen LogP contribution in [-0.4, -0.2) is 27.0 Å². The zero-order valence-electron chi connectivity index (χ0n) is 13.4. The smallest absolute Gasteiger partial charge is 0.222 e. The van der Waals surface area contributed by atoms with E-state index >= 15 is 0 Å². The fourth-order valence-corrected chi connectivity index (χ4v) is 3.89. The van der Waals surface area contributed by atoms with Gasteiger partial charge in [-0.2, -0.15) is 0 Å². The third-order valence-electron chi connectivity index (χ3n) is 4.29. The summed E-state index contributed by atoms with van der Waals surface area (Å²) in [5.74, 6) is 0.548. The van der Waals surface area contributed by atoms with Crippen molar-refractivity contribution < 1.29 is 4.21 Å². The van der Waals surface area contributed by atoms with Crippen molar-refractivity contribution in [2.75, 3.05) is 18.1 Å². The average Bonchev–Trinajstić information content (AvgIpc) is 2.34. The van der Waals surface area contributed by atoms with Gasteiger partial charge in [-0.1, -0.05) is 27.2 Å². The summed E-state index contributed by atoms with van der Waals surface area (Å²) in [5, 5.41) is 3.30. The number of rotatable bonds is 4. The molecule has 2 rings (SSSR count). The average molecular weight is 310 g/mol. The number of hydrogen-bond acceptors (Lipinski definition) is 5. The molecular formula is C15H26N4OS. The second-order valence-electron chi connectivity index (χ2n) is 7.44. The molecule has 0 spiro atoms. The summed E-state index contributed by atoms with van der Waals surface area (Å²) in [6, 6.07) is 0. The SMILES string of the molecule is CC1(C)CCCC(C)(CNc2ncc(S(C)(=N)=O)cn2)C1. The van der Waals surface area contributed by atoms with Crippen LogP contribution in [0.5, 0.6) is 0 Å². The van der Waals surface area contributed by atoms with Crippen molar-refractivity contribution >= 4 is 15.7 Å². The predicted octanol–water partition coefficient (Wildman–Crippen LogP) is 3.53. The first-order valence-electron chi connectivity index (χ1n) is 7.40. The third kappa shape index (κ3) is 4.40. The van der Waals surface area contributed by atoms with E-state index in [1.807, 2.05) is 0 Å². The lowest BCUT2D eigenvalue weighted by atomic mass is 9.64. The van der Waals surface area contributed by atoms with Gasteiger partial charge in [0, 0.05) is 25.2 Å². The van der Waals surface area contributed by atoms with E-state index in [9.17, 15) is 4.21 Å². The zero-order chi connectivity index (χ0) is 15.7. The van der Waals surface area contributed by atoms with Gasteiger partial charge < -0.3 is 5.32 Å². The second kappa shape index (κ2) is 5.55. The molecule has 0 aromatic carbocycles. The Morgan fingerprint density at radius 1 is 1.29 bits per heavy atom. The quantitative estimate of drug-likeness (QED) is 0.891. The standard InChI is InChI=1S/C15H26N4OS/c1-14(2)6-5-7-15(3,10-14)11-19-13-17-8-12(9-18-13)21(4,16)20/h8-9,16H,5-7,10-11H2,1-4H3,(H,17,18,19). The van der Waals surface area contributed by atoms with Crippen LogP contribution in [0.15, 0.2) is 17.3 Å². The number of hydrogen-bond donors (Lipinski definition) is 2. The van der Waals surface area contributed by atoms with Gasteiger partial charge in [0.15, 0.2) is 0 Å². The van der Waals surface area contributed by atoms with Gasteiger partial charge in [-0.25, -0.2) is 19.0 Å². The van der Waals surface area contributed by atoms with Crippen molar-refractivity contribution in [3.05, 3.63) is 12.4 Å². The van der Waals surface area contributed by atoms with Crippen LogP contribution in [0, 0.1) is 15.6 Å². The topological polar surface area (TPSA) is 78.7 Å². The molecule has 2 N–H and O–H groups in total. The molecule has 2 unspecified atom stereocenters. The lowest BCUT2D eigenvalue weighted by Crippen LogP contribution is -2.36. The molecule has 1 aliphatic carbocycles. The third-order valence-corrected chi connectivity index (χ3v) is 5.40. The van der Waals surface area contributed by atoms with E-state index in [2.05, 4.69) is 36.1 Å². The van der Waals surface area contributed by atoms with E-state index in [0.29, 0.717) is 16.3 Å². The molecule has 1 aliphatic rings. The van der Waals surface area contributed by atoms with Crippen LogP contribution in [0.4, 0.5) is 5.95 Å². The molecular weight excluding hydrogens is 284 g/mol. The van der Waals surface area contributed by atoms with Crippen LogP contribution in [0.3, 0.4) is 0 Å². The van der Waals surface area contributed by atoms with Gasteiger partial charge >= 0.3 is 0 Å². The maximum absolute atomic E-state index is 11.6. The fourth-order valence-electron chi connectivity index (χ4n) is 3.38. The first-order valence-corrected chi connectivity index (χ1v) is 9.36. The van der Waals surface area contributed by atoms with Gasteiger partial charge in [0.2, 0.25) is 5.95 Å². The number of aromatic nitrogens is 2. The number of nitrogens with zero attached hydrogens (tertiary/aromatic N) is 2. The molecule has 1 heterocycles. The van der Waals surface area contributed by atoms with E-state index in [-0.39, 0.29) is 5.41 Å². The zero-order valence-corrected chi connectivity index (χ0v) is 14.2. The molecule has 0 bridgehead atoms. The monoisotopic (exact) mass is 310 g/mol. The van der Waals surface area contributed by atoms with Gasteiger partial charge in [0.1, 0.15) is 0 Å². The molecule has 6 heteroatoms. The molecule has 1 fully saturated rings. The van der Waals surface area contributed by atoms with Crippen LogP contribution >= 0.6 is 0 Å². The molecule has 1 aromatic heterocycles. The Balaban J connectivity index is 2.00. The maximum atomic E-state index is 11.6. The van der Waals surface area contributed by atoms with Crippen molar-refractivity contribution in [2.24, 2.45) is 10.8 Å². The van der Waals surface area contributed by atoms with E-state index in [1.165, 1.54) is 44.3 Å². The highest BCUT2D eigenvalue weighted by atomic mass is 32.2. The highest BCUT2D eigenvalue weighted by Crippen LogP contribution is 2.45. The summed E-state index contributed by atoms with van der Waals surface area (Å²) < 4.78 is 19.1. The van der Waals surface area contributed by atoms with Gasteiger partial charge in [-0.3, -0.25) is 0 Å². The van der Waals surface area contributed by atoms with Crippen molar-refractivity contribution in [1.82, 2.24) is 9.97 Å².